The highest BCUT2D eigenvalue weighted by Crippen LogP contribution is 2.15. The van der Waals surface area contributed by atoms with Crippen LogP contribution in [-0.4, -0.2) is 55.4 Å². The fourth-order valence-corrected chi connectivity index (χ4v) is 2.72. The van der Waals surface area contributed by atoms with Crippen molar-refractivity contribution in [1.29, 1.82) is 0 Å². The number of carbonyl (C=O) groups excluding carboxylic acids is 1. The maximum Gasteiger partial charge on any atom is 0.167 e. The van der Waals surface area contributed by atoms with Crippen LogP contribution in [-0.2, 0) is 0 Å². The van der Waals surface area contributed by atoms with Crippen LogP contribution in [0.25, 0.3) is 0 Å². The van der Waals surface area contributed by atoms with Gasteiger partial charge in [-0.15, -0.1) is 0 Å². The van der Waals surface area contributed by atoms with E-state index in [9.17, 15) is 9.18 Å². The first-order chi connectivity index (χ1) is 9.58. The summed E-state index contributed by atoms with van der Waals surface area (Å²) < 4.78 is 13.5. The molecule has 0 amide bonds. The summed E-state index contributed by atoms with van der Waals surface area (Å²) in [5.41, 5.74) is 0.212. The van der Waals surface area contributed by atoms with Crippen LogP contribution >= 0.6 is 0 Å². The number of nitrogens with zero attached hydrogens (tertiary/aromatic N) is 2. The summed E-state index contributed by atoms with van der Waals surface area (Å²) in [6, 6.07) is 6.76. The number of halogens is 1. The molecule has 0 unspecified atom stereocenters. The van der Waals surface area contributed by atoms with E-state index >= 15 is 0 Å². The number of Topliss-reactive ketones (excluding diaryl/α,β-unsaturated/α-hetero) is 1. The van der Waals surface area contributed by atoms with Gasteiger partial charge in [0.05, 0.1) is 5.56 Å². The van der Waals surface area contributed by atoms with E-state index in [4.69, 9.17) is 0 Å². The zero-order chi connectivity index (χ0) is 14.5. The third-order valence-electron chi connectivity index (χ3n) is 4.18. The molecule has 1 aromatic carbocycles. The molecular weight excluding hydrogens is 255 g/mol. The molecule has 4 heteroatoms. The van der Waals surface area contributed by atoms with Crippen LogP contribution in [0.2, 0.25) is 0 Å². The number of benzene rings is 1. The van der Waals surface area contributed by atoms with Gasteiger partial charge in [0.25, 0.3) is 0 Å². The fourth-order valence-electron chi connectivity index (χ4n) is 2.72. The monoisotopic (exact) mass is 278 g/mol. The number of carbonyl (C=O) groups is 1. The van der Waals surface area contributed by atoms with Crippen LogP contribution in [0.4, 0.5) is 4.39 Å². The molecule has 1 aliphatic rings. The highest BCUT2D eigenvalue weighted by molar-refractivity contribution is 5.96. The molecule has 2 rings (SSSR count). The minimum absolute atomic E-state index is 0.108. The van der Waals surface area contributed by atoms with E-state index in [-0.39, 0.29) is 11.3 Å². The highest BCUT2D eigenvalue weighted by Gasteiger charge is 2.21. The third-order valence-corrected chi connectivity index (χ3v) is 4.18. The van der Waals surface area contributed by atoms with Crippen molar-refractivity contribution in [3.05, 3.63) is 35.6 Å². The Kier molecular flexibility index (Phi) is 5.26. The minimum atomic E-state index is -0.417. The van der Waals surface area contributed by atoms with Crippen molar-refractivity contribution >= 4 is 5.78 Å². The Bertz CT molecular complexity index is 456. The molecule has 1 heterocycles. The van der Waals surface area contributed by atoms with E-state index in [1.54, 1.807) is 18.2 Å². The minimum Gasteiger partial charge on any atom is -0.306 e. The molecule has 0 aliphatic carbocycles. The van der Waals surface area contributed by atoms with Crippen LogP contribution in [0.5, 0.6) is 0 Å². The van der Waals surface area contributed by atoms with Gasteiger partial charge in [-0.05, 0) is 52.2 Å². The summed E-state index contributed by atoms with van der Waals surface area (Å²) in [6.07, 6.45) is 2.66. The van der Waals surface area contributed by atoms with Gasteiger partial charge in [-0.25, -0.2) is 4.39 Å². The van der Waals surface area contributed by atoms with Crippen molar-refractivity contribution in [3.63, 3.8) is 0 Å². The summed E-state index contributed by atoms with van der Waals surface area (Å²) in [5.74, 6) is -0.526. The SMILES string of the molecule is CN1CCC(N(C)CCC(=O)c2ccccc2F)CC1. The van der Waals surface area contributed by atoms with Crippen molar-refractivity contribution in [3.8, 4) is 0 Å². The Hall–Kier alpha value is -1.26. The number of ketones is 1. The second-order valence-corrected chi connectivity index (χ2v) is 5.67. The predicted molar refractivity (Wildman–Crippen MR) is 78.5 cm³/mol. The molecule has 1 aliphatic heterocycles. The lowest BCUT2D eigenvalue weighted by molar-refractivity contribution is 0.0935. The quantitative estimate of drug-likeness (QED) is 0.773. The topological polar surface area (TPSA) is 23.6 Å². The summed E-state index contributed by atoms with van der Waals surface area (Å²) in [7, 11) is 4.20. The Morgan fingerprint density at radius 2 is 2.00 bits per heavy atom. The lowest BCUT2D eigenvalue weighted by atomic mass is 10.0. The number of likely N-dealkylation sites (tertiary alicyclic amines) is 1. The molecule has 0 radical (unpaired) electrons. The molecular formula is C16H23FN2O. The normalized spacial score (nSPS) is 17.6. The molecule has 1 saturated heterocycles. The smallest absolute Gasteiger partial charge is 0.167 e. The van der Waals surface area contributed by atoms with Crippen LogP contribution in [0, 0.1) is 5.82 Å². The highest BCUT2D eigenvalue weighted by atomic mass is 19.1. The van der Waals surface area contributed by atoms with Crippen molar-refractivity contribution in [2.45, 2.75) is 25.3 Å². The zero-order valence-electron chi connectivity index (χ0n) is 12.3. The van der Waals surface area contributed by atoms with E-state index in [1.165, 1.54) is 6.07 Å². The van der Waals surface area contributed by atoms with Crippen LogP contribution in [0.15, 0.2) is 24.3 Å². The fraction of sp³-hybridized carbons (Fsp3) is 0.562. The summed E-state index contributed by atoms with van der Waals surface area (Å²) in [4.78, 5) is 16.6. The Labute approximate surface area is 120 Å². The Morgan fingerprint density at radius 1 is 1.35 bits per heavy atom. The van der Waals surface area contributed by atoms with Crippen LogP contribution in [0.1, 0.15) is 29.6 Å². The first-order valence-corrected chi connectivity index (χ1v) is 7.24. The predicted octanol–water partition coefficient (Wildman–Crippen LogP) is 2.42. The summed E-state index contributed by atoms with van der Waals surface area (Å²) in [6.45, 7) is 2.91. The average Bonchev–Trinajstić information content (AvgIpc) is 2.45. The van der Waals surface area contributed by atoms with Crippen LogP contribution in [0.3, 0.4) is 0 Å². The molecule has 0 bridgehead atoms. The Balaban J connectivity index is 1.83. The van der Waals surface area contributed by atoms with Crippen molar-refractivity contribution < 1.29 is 9.18 Å². The van der Waals surface area contributed by atoms with Gasteiger partial charge in [-0.3, -0.25) is 4.79 Å². The van der Waals surface area contributed by atoms with Gasteiger partial charge in [0.15, 0.2) is 5.78 Å². The molecule has 0 aromatic heterocycles. The van der Waals surface area contributed by atoms with Crippen molar-refractivity contribution in [1.82, 2.24) is 9.80 Å². The molecule has 0 N–H and O–H groups in total. The third kappa shape index (κ3) is 3.87. The van der Waals surface area contributed by atoms with E-state index < -0.39 is 5.82 Å². The van der Waals surface area contributed by atoms with Crippen LogP contribution < -0.4 is 0 Å². The van der Waals surface area contributed by atoms with Gasteiger partial charge in [-0.2, -0.15) is 0 Å². The second-order valence-electron chi connectivity index (χ2n) is 5.67. The van der Waals surface area contributed by atoms with E-state index in [0.29, 0.717) is 19.0 Å². The number of rotatable bonds is 5. The first kappa shape index (κ1) is 15.1. The molecule has 110 valence electrons. The number of hydrogen-bond donors (Lipinski definition) is 0. The molecule has 0 atom stereocenters. The molecule has 1 aromatic rings. The largest absolute Gasteiger partial charge is 0.306 e. The lowest BCUT2D eigenvalue weighted by Crippen LogP contribution is -2.42. The average molecular weight is 278 g/mol. The van der Waals surface area contributed by atoms with Crippen molar-refractivity contribution in [2.75, 3.05) is 33.7 Å². The molecule has 1 fully saturated rings. The van der Waals surface area contributed by atoms with E-state index in [2.05, 4.69) is 23.9 Å². The molecule has 0 spiro atoms. The zero-order valence-corrected chi connectivity index (χ0v) is 12.3. The standard InChI is InChI=1S/C16H23FN2O/c1-18-10-7-13(8-11-18)19(2)12-9-16(20)14-5-3-4-6-15(14)17/h3-6,13H,7-12H2,1-2H3. The molecule has 0 saturated carbocycles. The number of hydrogen-bond acceptors (Lipinski definition) is 3. The van der Waals surface area contributed by atoms with Gasteiger partial charge in [0, 0.05) is 19.0 Å². The molecule has 3 nitrogen and oxygen atoms in total. The summed E-state index contributed by atoms with van der Waals surface area (Å²) in [5, 5.41) is 0. The maximum absolute atomic E-state index is 13.5. The van der Waals surface area contributed by atoms with Gasteiger partial charge in [-0.1, -0.05) is 12.1 Å². The van der Waals surface area contributed by atoms with E-state index in [0.717, 1.165) is 25.9 Å². The number of piperidine rings is 1. The van der Waals surface area contributed by atoms with Gasteiger partial charge in [0.2, 0.25) is 0 Å². The van der Waals surface area contributed by atoms with Gasteiger partial charge >= 0.3 is 0 Å². The maximum atomic E-state index is 13.5. The summed E-state index contributed by atoms with van der Waals surface area (Å²) >= 11 is 0. The second kappa shape index (κ2) is 6.95. The van der Waals surface area contributed by atoms with Crippen molar-refractivity contribution in [2.24, 2.45) is 0 Å². The van der Waals surface area contributed by atoms with Gasteiger partial charge in [0.1, 0.15) is 5.82 Å². The molecule has 20 heavy (non-hydrogen) atoms. The Morgan fingerprint density at radius 3 is 2.65 bits per heavy atom. The lowest BCUT2D eigenvalue weighted by Gasteiger charge is -2.35. The first-order valence-electron chi connectivity index (χ1n) is 7.24. The van der Waals surface area contributed by atoms with E-state index in [1.807, 2.05) is 0 Å². The van der Waals surface area contributed by atoms with Gasteiger partial charge < -0.3 is 9.80 Å².